The zero-order valence-electron chi connectivity index (χ0n) is 7.44. The lowest BCUT2D eigenvalue weighted by atomic mass is 10.3. The molecule has 0 fully saturated rings. The molecule has 0 saturated heterocycles. The first-order chi connectivity index (χ1) is 7.08. The molecule has 2 aromatic rings. The number of carboxylic acids is 1. The van der Waals surface area contributed by atoms with Gasteiger partial charge in [0.2, 0.25) is 0 Å². The van der Waals surface area contributed by atoms with Gasteiger partial charge in [-0.15, -0.1) is 0 Å². The van der Waals surface area contributed by atoms with Crippen molar-refractivity contribution >= 4 is 28.7 Å². The number of halogens is 1. The van der Waals surface area contributed by atoms with Gasteiger partial charge in [0.25, 0.3) is 0 Å². The van der Waals surface area contributed by atoms with Crippen molar-refractivity contribution < 1.29 is 14.3 Å². The highest BCUT2D eigenvalue weighted by atomic mass is 35.5. The predicted molar refractivity (Wildman–Crippen MR) is 53.1 cm³/mol. The Hall–Kier alpha value is -1.75. The van der Waals surface area contributed by atoms with Gasteiger partial charge in [-0.05, 0) is 18.2 Å². The summed E-state index contributed by atoms with van der Waals surface area (Å²) in [6.45, 7) is -0.438. The molecule has 0 aliphatic rings. The number of carboxylic acid groups (broad SMARTS) is 1. The minimum absolute atomic E-state index is 0.325. The smallest absolute Gasteiger partial charge is 0.420 e. The van der Waals surface area contributed by atoms with E-state index in [0.717, 1.165) is 4.57 Å². The summed E-state index contributed by atoms with van der Waals surface area (Å²) < 4.78 is 5.86. The lowest BCUT2D eigenvalue weighted by Gasteiger charge is -1.96. The highest BCUT2D eigenvalue weighted by molar-refractivity contribution is 6.31. The first kappa shape index (κ1) is 9.79. The molecule has 0 saturated carbocycles. The third kappa shape index (κ3) is 1.73. The number of hydrogen-bond donors (Lipinski definition) is 1. The second-order valence-electron chi connectivity index (χ2n) is 2.96. The molecule has 0 aliphatic heterocycles. The average Bonchev–Trinajstić information content (AvgIpc) is 2.43. The lowest BCUT2D eigenvalue weighted by Crippen LogP contribution is -2.19. The summed E-state index contributed by atoms with van der Waals surface area (Å²) in [5, 5.41) is 9.02. The summed E-state index contributed by atoms with van der Waals surface area (Å²) in [4.78, 5) is 21.8. The van der Waals surface area contributed by atoms with Crippen molar-refractivity contribution in [2.75, 3.05) is 0 Å². The van der Waals surface area contributed by atoms with Gasteiger partial charge in [-0.25, -0.2) is 4.79 Å². The summed E-state index contributed by atoms with van der Waals surface area (Å²) in [5.74, 6) is -1.81. The van der Waals surface area contributed by atoms with Gasteiger partial charge in [0.15, 0.2) is 5.58 Å². The Kier molecular flexibility index (Phi) is 2.24. The van der Waals surface area contributed by atoms with E-state index in [1.165, 1.54) is 12.1 Å². The van der Waals surface area contributed by atoms with E-state index >= 15 is 0 Å². The molecule has 78 valence electrons. The number of carbonyl (C=O) groups is 1. The molecule has 0 bridgehead atoms. The van der Waals surface area contributed by atoms with Crippen LogP contribution in [0.4, 0.5) is 0 Å². The van der Waals surface area contributed by atoms with Crippen molar-refractivity contribution in [3.8, 4) is 0 Å². The van der Waals surface area contributed by atoms with E-state index in [1.807, 2.05) is 0 Å². The van der Waals surface area contributed by atoms with E-state index in [-0.39, 0.29) is 0 Å². The third-order valence-electron chi connectivity index (χ3n) is 1.92. The Morgan fingerprint density at radius 3 is 2.93 bits per heavy atom. The monoisotopic (exact) mass is 227 g/mol. The fourth-order valence-corrected chi connectivity index (χ4v) is 1.49. The molecule has 1 aromatic carbocycles. The van der Waals surface area contributed by atoms with Gasteiger partial charge in [-0.3, -0.25) is 9.36 Å². The van der Waals surface area contributed by atoms with Crippen molar-refractivity contribution in [2.24, 2.45) is 0 Å². The van der Waals surface area contributed by atoms with Crippen LogP contribution in [0.15, 0.2) is 27.4 Å². The molecule has 1 N–H and O–H groups in total. The van der Waals surface area contributed by atoms with Crippen LogP contribution >= 0.6 is 11.6 Å². The Morgan fingerprint density at radius 1 is 1.53 bits per heavy atom. The van der Waals surface area contributed by atoms with Crippen LogP contribution in [0.3, 0.4) is 0 Å². The highest BCUT2D eigenvalue weighted by Gasteiger charge is 2.11. The second kappa shape index (κ2) is 3.43. The molecular weight excluding hydrogens is 222 g/mol. The molecule has 2 rings (SSSR count). The number of aromatic nitrogens is 1. The summed E-state index contributed by atoms with van der Waals surface area (Å²) in [7, 11) is 0. The van der Waals surface area contributed by atoms with Crippen LogP contribution in [0.25, 0.3) is 11.1 Å². The van der Waals surface area contributed by atoms with Gasteiger partial charge in [0, 0.05) is 5.02 Å². The van der Waals surface area contributed by atoms with E-state index < -0.39 is 18.3 Å². The Bertz CT molecular complexity index is 583. The van der Waals surface area contributed by atoms with Gasteiger partial charge in [-0.2, -0.15) is 0 Å². The summed E-state index contributed by atoms with van der Waals surface area (Å²) >= 11 is 5.73. The average molecular weight is 228 g/mol. The molecule has 0 spiro atoms. The van der Waals surface area contributed by atoms with E-state index in [2.05, 4.69) is 0 Å². The number of benzene rings is 1. The zero-order chi connectivity index (χ0) is 11.0. The maximum absolute atomic E-state index is 11.3. The van der Waals surface area contributed by atoms with Crippen LogP contribution in [0, 0.1) is 0 Å². The molecule has 5 nitrogen and oxygen atoms in total. The quantitative estimate of drug-likeness (QED) is 0.840. The molecular formula is C9H6ClNO4. The molecule has 0 aliphatic carbocycles. The SMILES string of the molecule is O=C(O)Cn1c(=O)oc2ccc(Cl)cc21. The summed E-state index contributed by atoms with van der Waals surface area (Å²) in [6, 6.07) is 4.58. The lowest BCUT2D eigenvalue weighted by molar-refractivity contribution is -0.137. The van der Waals surface area contributed by atoms with E-state index in [0.29, 0.717) is 16.1 Å². The van der Waals surface area contributed by atoms with Gasteiger partial charge in [-0.1, -0.05) is 11.6 Å². The van der Waals surface area contributed by atoms with Crippen LogP contribution < -0.4 is 5.76 Å². The fraction of sp³-hybridized carbons (Fsp3) is 0.111. The molecule has 1 aromatic heterocycles. The number of nitrogens with zero attached hydrogens (tertiary/aromatic N) is 1. The second-order valence-corrected chi connectivity index (χ2v) is 3.40. The summed E-state index contributed by atoms with van der Waals surface area (Å²) in [5.41, 5.74) is 0.709. The van der Waals surface area contributed by atoms with Crippen LogP contribution in [-0.4, -0.2) is 15.6 Å². The molecule has 0 radical (unpaired) electrons. The molecule has 6 heteroatoms. The first-order valence-electron chi connectivity index (χ1n) is 4.08. The van der Waals surface area contributed by atoms with Crippen LogP contribution in [0.2, 0.25) is 5.02 Å². The molecule has 15 heavy (non-hydrogen) atoms. The van der Waals surface area contributed by atoms with Gasteiger partial charge < -0.3 is 9.52 Å². The highest BCUT2D eigenvalue weighted by Crippen LogP contribution is 2.18. The van der Waals surface area contributed by atoms with Crippen LogP contribution in [0.5, 0.6) is 0 Å². The number of fused-ring (bicyclic) bond motifs is 1. The Morgan fingerprint density at radius 2 is 2.27 bits per heavy atom. The number of hydrogen-bond acceptors (Lipinski definition) is 3. The molecule has 0 amide bonds. The molecule has 1 heterocycles. The van der Waals surface area contributed by atoms with Crippen molar-refractivity contribution in [2.45, 2.75) is 6.54 Å². The van der Waals surface area contributed by atoms with Crippen molar-refractivity contribution in [3.63, 3.8) is 0 Å². The third-order valence-corrected chi connectivity index (χ3v) is 2.16. The predicted octanol–water partition coefficient (Wildman–Crippen LogP) is 1.33. The topological polar surface area (TPSA) is 72.4 Å². The van der Waals surface area contributed by atoms with Crippen molar-refractivity contribution in [1.82, 2.24) is 4.57 Å². The van der Waals surface area contributed by atoms with Gasteiger partial charge in [0.1, 0.15) is 6.54 Å². The molecule has 0 atom stereocenters. The van der Waals surface area contributed by atoms with E-state index in [9.17, 15) is 9.59 Å². The fourth-order valence-electron chi connectivity index (χ4n) is 1.32. The van der Waals surface area contributed by atoms with E-state index in [1.54, 1.807) is 6.07 Å². The zero-order valence-corrected chi connectivity index (χ0v) is 8.19. The standard InChI is InChI=1S/C9H6ClNO4/c10-5-1-2-7-6(3-5)11(4-8(12)13)9(14)15-7/h1-3H,4H2,(H,12,13). The minimum atomic E-state index is -1.11. The van der Waals surface area contributed by atoms with Crippen LogP contribution in [0.1, 0.15) is 0 Å². The minimum Gasteiger partial charge on any atom is -0.480 e. The Balaban J connectivity index is 2.70. The van der Waals surface area contributed by atoms with Gasteiger partial charge >= 0.3 is 11.7 Å². The summed E-state index contributed by atoms with van der Waals surface area (Å²) in [6.07, 6.45) is 0. The number of rotatable bonds is 2. The maximum Gasteiger partial charge on any atom is 0.420 e. The van der Waals surface area contributed by atoms with Crippen LogP contribution in [-0.2, 0) is 11.3 Å². The van der Waals surface area contributed by atoms with Crippen molar-refractivity contribution in [3.05, 3.63) is 33.8 Å². The number of oxazole rings is 1. The maximum atomic E-state index is 11.3. The number of aliphatic carboxylic acids is 1. The molecule has 0 unspecified atom stereocenters. The van der Waals surface area contributed by atoms with E-state index in [4.69, 9.17) is 21.1 Å². The van der Waals surface area contributed by atoms with Gasteiger partial charge in [0.05, 0.1) is 5.52 Å². The van der Waals surface area contributed by atoms with Crippen molar-refractivity contribution in [1.29, 1.82) is 0 Å². The largest absolute Gasteiger partial charge is 0.480 e. The normalized spacial score (nSPS) is 10.7. The Labute approximate surface area is 88.5 Å². The first-order valence-corrected chi connectivity index (χ1v) is 4.46.